The van der Waals surface area contributed by atoms with Crippen LogP contribution in [0.1, 0.15) is 45.4 Å². The Balaban J connectivity index is 1.89. The Kier molecular flexibility index (Phi) is 5.17. The van der Waals surface area contributed by atoms with Gasteiger partial charge in [-0.05, 0) is 32.6 Å². The number of carbonyl (C=O) groups is 2. The van der Waals surface area contributed by atoms with E-state index < -0.39 is 5.92 Å². The summed E-state index contributed by atoms with van der Waals surface area (Å²) in [5.74, 6) is -3.53. The molecule has 1 atom stereocenters. The molecule has 2 aliphatic rings. The number of alkyl halides is 2. The molecule has 0 radical (unpaired) electrons. The maximum Gasteiger partial charge on any atom is 0.310 e. The van der Waals surface area contributed by atoms with Gasteiger partial charge >= 0.3 is 5.97 Å². The van der Waals surface area contributed by atoms with Crippen LogP contribution < -0.4 is 0 Å². The van der Waals surface area contributed by atoms with Crippen molar-refractivity contribution in [3.63, 3.8) is 0 Å². The van der Waals surface area contributed by atoms with Crippen molar-refractivity contribution in [3.05, 3.63) is 0 Å². The molecule has 0 N–H and O–H groups in total. The first kappa shape index (κ1) is 16.2. The Bertz CT molecular complexity index is 390. The van der Waals surface area contributed by atoms with Gasteiger partial charge in [-0.15, -0.1) is 0 Å². The summed E-state index contributed by atoms with van der Waals surface area (Å²) in [4.78, 5) is 25.9. The second-order valence-corrected chi connectivity index (χ2v) is 6.01. The van der Waals surface area contributed by atoms with Gasteiger partial charge in [-0.25, -0.2) is 8.78 Å². The number of hydrogen-bond acceptors (Lipinski definition) is 3. The third kappa shape index (κ3) is 4.14. The Morgan fingerprint density at radius 1 is 1.19 bits per heavy atom. The summed E-state index contributed by atoms with van der Waals surface area (Å²) in [6.45, 7) is 3.07. The largest absolute Gasteiger partial charge is 0.466 e. The molecule has 2 fully saturated rings. The lowest BCUT2D eigenvalue weighted by Crippen LogP contribution is -2.46. The van der Waals surface area contributed by atoms with Crippen LogP contribution in [0, 0.1) is 11.8 Å². The number of rotatable bonds is 3. The van der Waals surface area contributed by atoms with Crippen LogP contribution in [-0.2, 0) is 14.3 Å². The van der Waals surface area contributed by atoms with Crippen molar-refractivity contribution < 1.29 is 23.1 Å². The molecule has 2 rings (SSSR count). The van der Waals surface area contributed by atoms with Crippen LogP contribution >= 0.6 is 0 Å². The fourth-order valence-electron chi connectivity index (χ4n) is 3.18. The number of ether oxygens (including phenoxy) is 1. The standard InChI is InChI=1S/C15H23F2NO3/c1-2-21-14(20)12-4-3-9-18(10-12)13(19)11-5-7-15(16,17)8-6-11/h11-12H,2-10H2,1H3/t12-/m1/s1. The molecule has 21 heavy (non-hydrogen) atoms. The molecule has 0 unspecified atom stereocenters. The summed E-state index contributed by atoms with van der Waals surface area (Å²) in [5, 5.41) is 0. The van der Waals surface area contributed by atoms with E-state index >= 15 is 0 Å². The zero-order valence-electron chi connectivity index (χ0n) is 12.4. The number of halogens is 2. The van der Waals surface area contributed by atoms with Gasteiger partial charge in [0.1, 0.15) is 0 Å². The molecule has 0 bridgehead atoms. The Morgan fingerprint density at radius 2 is 1.86 bits per heavy atom. The van der Waals surface area contributed by atoms with Gasteiger partial charge < -0.3 is 9.64 Å². The lowest BCUT2D eigenvalue weighted by molar-refractivity contribution is -0.152. The van der Waals surface area contributed by atoms with E-state index in [0.29, 0.717) is 19.7 Å². The molecule has 0 aromatic heterocycles. The van der Waals surface area contributed by atoms with E-state index in [4.69, 9.17) is 4.74 Å². The highest BCUT2D eigenvalue weighted by molar-refractivity contribution is 5.80. The van der Waals surface area contributed by atoms with Crippen molar-refractivity contribution in [3.8, 4) is 0 Å². The van der Waals surface area contributed by atoms with Crippen molar-refractivity contribution in [1.29, 1.82) is 0 Å². The van der Waals surface area contributed by atoms with Gasteiger partial charge in [0.05, 0.1) is 12.5 Å². The van der Waals surface area contributed by atoms with Crippen molar-refractivity contribution in [2.45, 2.75) is 51.4 Å². The number of esters is 1. The van der Waals surface area contributed by atoms with Gasteiger partial charge in [-0.3, -0.25) is 9.59 Å². The topological polar surface area (TPSA) is 46.6 Å². The first-order valence-electron chi connectivity index (χ1n) is 7.76. The molecule has 120 valence electrons. The minimum absolute atomic E-state index is 0.0699. The lowest BCUT2D eigenvalue weighted by atomic mass is 9.85. The van der Waals surface area contributed by atoms with E-state index in [1.807, 2.05) is 0 Å². The molecule has 6 heteroatoms. The Morgan fingerprint density at radius 3 is 2.48 bits per heavy atom. The van der Waals surface area contributed by atoms with Crippen molar-refractivity contribution in [2.24, 2.45) is 11.8 Å². The van der Waals surface area contributed by atoms with E-state index in [1.165, 1.54) is 0 Å². The summed E-state index contributed by atoms with van der Waals surface area (Å²) >= 11 is 0. The number of nitrogens with zero attached hydrogens (tertiary/aromatic N) is 1. The number of piperidine rings is 1. The molecular formula is C15H23F2NO3. The lowest BCUT2D eigenvalue weighted by Gasteiger charge is -2.36. The Hall–Kier alpha value is -1.20. The van der Waals surface area contributed by atoms with Crippen molar-refractivity contribution in [1.82, 2.24) is 4.90 Å². The van der Waals surface area contributed by atoms with Crippen LogP contribution in [-0.4, -0.2) is 42.4 Å². The third-order valence-corrected chi connectivity index (χ3v) is 4.42. The van der Waals surface area contributed by atoms with Crippen LogP contribution in [0.3, 0.4) is 0 Å². The van der Waals surface area contributed by atoms with Gasteiger partial charge in [-0.2, -0.15) is 0 Å². The van der Waals surface area contributed by atoms with Crippen LogP contribution in [0.2, 0.25) is 0 Å². The second kappa shape index (κ2) is 6.71. The molecule has 0 aromatic rings. The molecule has 1 saturated heterocycles. The Labute approximate surface area is 123 Å². The number of amides is 1. The van der Waals surface area contributed by atoms with Gasteiger partial charge in [0.15, 0.2) is 0 Å². The molecule has 1 saturated carbocycles. The summed E-state index contributed by atoms with van der Waals surface area (Å²) in [7, 11) is 0. The maximum atomic E-state index is 13.2. The first-order chi connectivity index (χ1) is 9.93. The van der Waals surface area contributed by atoms with E-state index in [0.717, 1.165) is 12.8 Å². The molecule has 1 heterocycles. The zero-order chi connectivity index (χ0) is 15.5. The average Bonchev–Trinajstić information content (AvgIpc) is 2.47. The first-order valence-corrected chi connectivity index (χ1v) is 7.76. The summed E-state index contributed by atoms with van der Waals surface area (Å²) in [6, 6.07) is 0. The average molecular weight is 303 g/mol. The number of likely N-dealkylation sites (tertiary alicyclic amines) is 1. The highest BCUT2D eigenvalue weighted by Gasteiger charge is 2.39. The minimum Gasteiger partial charge on any atom is -0.466 e. The number of carbonyl (C=O) groups excluding carboxylic acids is 2. The normalized spacial score (nSPS) is 26.4. The van der Waals surface area contributed by atoms with Gasteiger partial charge in [0.25, 0.3) is 0 Å². The number of hydrogen-bond donors (Lipinski definition) is 0. The monoisotopic (exact) mass is 303 g/mol. The van der Waals surface area contributed by atoms with Gasteiger partial charge in [0, 0.05) is 31.8 Å². The molecule has 1 aliphatic carbocycles. The summed E-state index contributed by atoms with van der Waals surface area (Å²) < 4.78 is 31.3. The van der Waals surface area contributed by atoms with Crippen LogP contribution in [0.5, 0.6) is 0 Å². The highest BCUT2D eigenvalue weighted by Crippen LogP contribution is 2.37. The minimum atomic E-state index is -2.62. The predicted molar refractivity (Wildman–Crippen MR) is 72.8 cm³/mol. The summed E-state index contributed by atoms with van der Waals surface area (Å²) in [5.41, 5.74) is 0. The summed E-state index contributed by atoms with van der Waals surface area (Å²) in [6.07, 6.45) is 1.55. The fraction of sp³-hybridized carbons (Fsp3) is 0.867. The van der Waals surface area contributed by atoms with E-state index in [1.54, 1.807) is 11.8 Å². The van der Waals surface area contributed by atoms with Gasteiger partial charge in [-0.1, -0.05) is 0 Å². The second-order valence-electron chi connectivity index (χ2n) is 6.01. The smallest absolute Gasteiger partial charge is 0.310 e. The molecule has 0 aromatic carbocycles. The molecule has 1 amide bonds. The van der Waals surface area contributed by atoms with Gasteiger partial charge in [0.2, 0.25) is 11.8 Å². The van der Waals surface area contributed by atoms with Crippen LogP contribution in [0.25, 0.3) is 0 Å². The molecule has 0 spiro atoms. The fourth-order valence-corrected chi connectivity index (χ4v) is 3.18. The quantitative estimate of drug-likeness (QED) is 0.753. The molecule has 4 nitrogen and oxygen atoms in total. The molecular weight excluding hydrogens is 280 g/mol. The maximum absolute atomic E-state index is 13.2. The van der Waals surface area contributed by atoms with Crippen LogP contribution in [0.4, 0.5) is 8.78 Å². The highest BCUT2D eigenvalue weighted by atomic mass is 19.3. The van der Waals surface area contributed by atoms with Crippen molar-refractivity contribution in [2.75, 3.05) is 19.7 Å². The van der Waals surface area contributed by atoms with E-state index in [-0.39, 0.29) is 49.4 Å². The zero-order valence-corrected chi connectivity index (χ0v) is 12.4. The predicted octanol–water partition coefficient (Wildman–Crippen LogP) is 2.61. The van der Waals surface area contributed by atoms with Crippen molar-refractivity contribution >= 4 is 11.9 Å². The van der Waals surface area contributed by atoms with Crippen LogP contribution in [0.15, 0.2) is 0 Å². The SMILES string of the molecule is CCOC(=O)[C@@H]1CCCN(C(=O)C2CCC(F)(F)CC2)C1. The molecule has 1 aliphatic heterocycles. The third-order valence-electron chi connectivity index (χ3n) is 4.42. The van der Waals surface area contributed by atoms with E-state index in [9.17, 15) is 18.4 Å². The van der Waals surface area contributed by atoms with E-state index in [2.05, 4.69) is 0 Å².